The lowest BCUT2D eigenvalue weighted by Gasteiger charge is -2.03. The number of carbonyl (C=O) groups excluding carboxylic acids is 1. The highest BCUT2D eigenvalue weighted by Crippen LogP contribution is 1.96. The third kappa shape index (κ3) is 3.68. The number of carbonyl (C=O) groups is 1. The van der Waals surface area contributed by atoms with Crippen molar-refractivity contribution in [2.24, 2.45) is 5.90 Å². The molecule has 4 heteroatoms. The second-order valence-electron chi connectivity index (χ2n) is 2.57. The van der Waals surface area contributed by atoms with Crippen LogP contribution in [0.4, 0.5) is 0 Å². The maximum absolute atomic E-state index is 10.9. The van der Waals surface area contributed by atoms with Gasteiger partial charge in [-0.05, 0) is 5.56 Å². The van der Waals surface area contributed by atoms with Gasteiger partial charge >= 0.3 is 0 Å². The van der Waals surface area contributed by atoms with Crippen LogP contribution in [-0.2, 0) is 16.2 Å². The Morgan fingerprint density at radius 2 is 2.08 bits per heavy atom. The number of nitrogens with one attached hydrogen (secondary N) is 1. The van der Waals surface area contributed by atoms with E-state index < -0.39 is 0 Å². The quantitative estimate of drug-likeness (QED) is 0.650. The second-order valence-corrected chi connectivity index (χ2v) is 2.57. The van der Waals surface area contributed by atoms with Gasteiger partial charge in [0, 0.05) is 6.54 Å². The first-order chi connectivity index (χ1) is 6.33. The molecule has 1 amide bonds. The molecule has 3 N–H and O–H groups in total. The molecule has 1 aromatic carbocycles. The van der Waals surface area contributed by atoms with E-state index >= 15 is 0 Å². The van der Waals surface area contributed by atoms with Crippen molar-refractivity contribution in [3.8, 4) is 0 Å². The third-order valence-electron chi connectivity index (χ3n) is 1.55. The first-order valence-corrected chi connectivity index (χ1v) is 3.95. The van der Waals surface area contributed by atoms with Crippen LogP contribution in [0.25, 0.3) is 0 Å². The molecule has 0 aliphatic heterocycles. The molecule has 1 rings (SSSR count). The summed E-state index contributed by atoms with van der Waals surface area (Å²) >= 11 is 0. The van der Waals surface area contributed by atoms with Crippen LogP contribution in [0.5, 0.6) is 0 Å². The van der Waals surface area contributed by atoms with Gasteiger partial charge < -0.3 is 5.32 Å². The molecule has 1 aromatic rings. The van der Waals surface area contributed by atoms with Crippen molar-refractivity contribution < 1.29 is 9.63 Å². The molecule has 0 fully saturated rings. The number of hydrogen-bond acceptors (Lipinski definition) is 3. The number of nitrogens with two attached hydrogens (primary N) is 1. The zero-order valence-corrected chi connectivity index (χ0v) is 7.19. The summed E-state index contributed by atoms with van der Waals surface area (Å²) in [5.74, 6) is 4.52. The Morgan fingerprint density at radius 3 is 2.69 bits per heavy atom. The maximum atomic E-state index is 10.9. The number of benzene rings is 1. The van der Waals surface area contributed by atoms with Crippen molar-refractivity contribution in [1.29, 1.82) is 0 Å². The molecule has 0 saturated carbocycles. The van der Waals surface area contributed by atoms with E-state index in [0.717, 1.165) is 5.56 Å². The van der Waals surface area contributed by atoms with Crippen LogP contribution in [-0.4, -0.2) is 12.5 Å². The van der Waals surface area contributed by atoms with E-state index in [1.165, 1.54) is 0 Å². The highest BCUT2D eigenvalue weighted by atomic mass is 16.6. The van der Waals surface area contributed by atoms with E-state index in [0.29, 0.717) is 6.54 Å². The molecule has 4 nitrogen and oxygen atoms in total. The van der Waals surface area contributed by atoms with Crippen molar-refractivity contribution in [2.45, 2.75) is 6.54 Å². The SMILES string of the molecule is NOCC(=O)NCc1ccccc1. The monoisotopic (exact) mass is 180 g/mol. The van der Waals surface area contributed by atoms with E-state index in [4.69, 9.17) is 5.90 Å². The van der Waals surface area contributed by atoms with Gasteiger partial charge in [0.2, 0.25) is 5.91 Å². The van der Waals surface area contributed by atoms with Gasteiger partial charge in [0.05, 0.1) is 0 Å². The van der Waals surface area contributed by atoms with Gasteiger partial charge in [-0.1, -0.05) is 30.3 Å². The predicted molar refractivity (Wildman–Crippen MR) is 48.4 cm³/mol. The molecule has 0 unspecified atom stereocenters. The summed E-state index contributed by atoms with van der Waals surface area (Å²) < 4.78 is 0. The maximum Gasteiger partial charge on any atom is 0.248 e. The third-order valence-corrected chi connectivity index (χ3v) is 1.55. The molecular formula is C9H12N2O2. The number of rotatable bonds is 4. The minimum Gasteiger partial charge on any atom is -0.350 e. The van der Waals surface area contributed by atoms with Crippen molar-refractivity contribution in [2.75, 3.05) is 6.61 Å². The Hall–Kier alpha value is -1.39. The molecule has 0 radical (unpaired) electrons. The van der Waals surface area contributed by atoms with Gasteiger partial charge in [-0.15, -0.1) is 0 Å². The zero-order valence-electron chi connectivity index (χ0n) is 7.19. The van der Waals surface area contributed by atoms with Crippen LogP contribution in [0, 0.1) is 0 Å². The fourth-order valence-corrected chi connectivity index (χ4v) is 0.923. The highest BCUT2D eigenvalue weighted by molar-refractivity contribution is 5.77. The lowest BCUT2D eigenvalue weighted by atomic mass is 10.2. The molecule has 0 heterocycles. The standard InChI is InChI=1S/C9H12N2O2/c10-13-7-9(12)11-6-8-4-2-1-3-5-8/h1-5H,6-7,10H2,(H,11,12). The van der Waals surface area contributed by atoms with Crippen LogP contribution >= 0.6 is 0 Å². The Balaban J connectivity index is 2.31. The first kappa shape index (κ1) is 9.70. The highest BCUT2D eigenvalue weighted by Gasteiger charge is 1.98. The van der Waals surface area contributed by atoms with Crippen LogP contribution in [0.15, 0.2) is 30.3 Å². The summed E-state index contributed by atoms with van der Waals surface area (Å²) in [4.78, 5) is 15.1. The summed E-state index contributed by atoms with van der Waals surface area (Å²) in [6.45, 7) is 0.399. The van der Waals surface area contributed by atoms with Crippen molar-refractivity contribution in [1.82, 2.24) is 5.32 Å². The predicted octanol–water partition coefficient (Wildman–Crippen LogP) is 0.193. The Bertz CT molecular complexity index is 262. The van der Waals surface area contributed by atoms with Crippen LogP contribution in [0.3, 0.4) is 0 Å². The number of amides is 1. The van der Waals surface area contributed by atoms with E-state index in [1.54, 1.807) is 0 Å². The van der Waals surface area contributed by atoms with E-state index in [9.17, 15) is 4.79 Å². The van der Waals surface area contributed by atoms with E-state index in [1.807, 2.05) is 30.3 Å². The zero-order chi connectivity index (χ0) is 9.52. The smallest absolute Gasteiger partial charge is 0.248 e. The molecule has 0 aliphatic carbocycles. The van der Waals surface area contributed by atoms with Gasteiger partial charge in [-0.3, -0.25) is 9.63 Å². The molecule has 0 saturated heterocycles. The average molecular weight is 180 g/mol. The Labute approximate surface area is 76.6 Å². The van der Waals surface area contributed by atoms with Gasteiger partial charge in [0.1, 0.15) is 6.61 Å². The Morgan fingerprint density at radius 1 is 1.38 bits per heavy atom. The lowest BCUT2D eigenvalue weighted by Crippen LogP contribution is -2.28. The minimum absolute atomic E-state index is 0.104. The van der Waals surface area contributed by atoms with Crippen LogP contribution in [0.2, 0.25) is 0 Å². The molecule has 0 bridgehead atoms. The number of hydrogen-bond donors (Lipinski definition) is 2. The van der Waals surface area contributed by atoms with Gasteiger partial charge in [0.15, 0.2) is 0 Å². The topological polar surface area (TPSA) is 64.3 Å². The average Bonchev–Trinajstić information content (AvgIpc) is 2.17. The Kier molecular flexibility index (Phi) is 3.95. The summed E-state index contributed by atoms with van der Waals surface area (Å²) in [7, 11) is 0. The van der Waals surface area contributed by atoms with Crippen LogP contribution in [0.1, 0.15) is 5.56 Å². The van der Waals surface area contributed by atoms with Crippen molar-refractivity contribution in [3.63, 3.8) is 0 Å². The van der Waals surface area contributed by atoms with Gasteiger partial charge in [-0.2, -0.15) is 0 Å². The lowest BCUT2D eigenvalue weighted by molar-refractivity contribution is -0.125. The normalized spacial score (nSPS) is 9.62. The molecule has 70 valence electrons. The molecular weight excluding hydrogens is 168 g/mol. The fourth-order valence-electron chi connectivity index (χ4n) is 0.923. The second kappa shape index (κ2) is 5.29. The van der Waals surface area contributed by atoms with Crippen molar-refractivity contribution >= 4 is 5.91 Å². The van der Waals surface area contributed by atoms with Gasteiger partial charge in [-0.25, -0.2) is 5.90 Å². The molecule has 0 spiro atoms. The largest absolute Gasteiger partial charge is 0.350 e. The van der Waals surface area contributed by atoms with Crippen molar-refractivity contribution in [3.05, 3.63) is 35.9 Å². The molecule has 0 atom stereocenters. The first-order valence-electron chi connectivity index (χ1n) is 3.95. The van der Waals surface area contributed by atoms with E-state index in [-0.39, 0.29) is 12.5 Å². The molecule has 13 heavy (non-hydrogen) atoms. The summed E-state index contributed by atoms with van der Waals surface area (Å²) in [6, 6.07) is 9.63. The summed E-state index contributed by atoms with van der Waals surface area (Å²) in [5.41, 5.74) is 1.05. The minimum atomic E-state index is -0.216. The molecule has 0 aromatic heterocycles. The summed E-state index contributed by atoms with van der Waals surface area (Å²) in [5, 5.41) is 2.66. The fraction of sp³-hybridized carbons (Fsp3) is 0.222. The van der Waals surface area contributed by atoms with Gasteiger partial charge in [0.25, 0.3) is 0 Å². The van der Waals surface area contributed by atoms with Crippen LogP contribution < -0.4 is 11.2 Å². The molecule has 0 aliphatic rings. The summed E-state index contributed by atoms with van der Waals surface area (Å²) in [6.07, 6.45) is 0. The van der Waals surface area contributed by atoms with E-state index in [2.05, 4.69) is 10.2 Å².